The smallest absolute Gasteiger partial charge is 0.267 e. The fourth-order valence-corrected chi connectivity index (χ4v) is 3.73. The number of hydrogen-bond donors (Lipinski definition) is 3. The zero-order chi connectivity index (χ0) is 25.4. The van der Waals surface area contributed by atoms with Crippen molar-refractivity contribution in [3.8, 4) is 17.8 Å². The zero-order valence-electron chi connectivity index (χ0n) is 18.5. The molecule has 0 bridgehead atoms. The minimum atomic E-state index is -0.901. The molecule has 0 radical (unpaired) electrons. The molecule has 2 aromatic carbocycles. The van der Waals surface area contributed by atoms with Crippen molar-refractivity contribution in [2.75, 3.05) is 16.8 Å². The van der Waals surface area contributed by atoms with Crippen LogP contribution >= 0.6 is 0 Å². The van der Waals surface area contributed by atoms with Crippen LogP contribution in [0.2, 0.25) is 0 Å². The Morgan fingerprint density at radius 2 is 1.83 bits per heavy atom. The molecule has 2 heterocycles. The van der Waals surface area contributed by atoms with Crippen LogP contribution in [-0.4, -0.2) is 19.5 Å². The molecule has 4 rings (SSSR count). The number of hydrogen-bond acceptors (Lipinski definition) is 9. The number of halogens is 2. The lowest BCUT2D eigenvalue weighted by atomic mass is 10.1. The van der Waals surface area contributed by atoms with Crippen LogP contribution < -0.4 is 22.3 Å². The Bertz CT molecular complexity index is 1630. The van der Waals surface area contributed by atoms with Crippen molar-refractivity contribution < 1.29 is 8.78 Å². The molecule has 0 aliphatic heterocycles. The van der Waals surface area contributed by atoms with E-state index >= 15 is 0 Å². The standard InChI is InChI=1S/C23H17F2N9O/c1-10-5-13(24)7-14(6-10)34-21(11(2)30-20-15(9-27)19(28)32-23(29)33-20)31-18-16(25)4-3-12(8-26)17(18)22(34)35/h3-7,11H,1-2H3,(H5,28,29,30,32,33). The van der Waals surface area contributed by atoms with E-state index < -0.39 is 23.2 Å². The van der Waals surface area contributed by atoms with Crippen molar-refractivity contribution >= 4 is 28.5 Å². The molecule has 1 atom stereocenters. The number of nitrogens with one attached hydrogen (secondary N) is 1. The van der Waals surface area contributed by atoms with Gasteiger partial charge in [-0.15, -0.1) is 0 Å². The number of nitriles is 2. The molecule has 5 N–H and O–H groups in total. The summed E-state index contributed by atoms with van der Waals surface area (Å²) in [5, 5.41) is 21.6. The topological polar surface area (TPSA) is 172 Å². The number of aryl methyl sites for hydroxylation is 1. The summed E-state index contributed by atoms with van der Waals surface area (Å²) in [6.45, 7) is 3.21. The lowest BCUT2D eigenvalue weighted by Gasteiger charge is -2.21. The molecular weight excluding hydrogens is 456 g/mol. The highest BCUT2D eigenvalue weighted by molar-refractivity contribution is 5.85. The first-order valence-corrected chi connectivity index (χ1v) is 10.2. The van der Waals surface area contributed by atoms with E-state index in [-0.39, 0.29) is 51.1 Å². The Morgan fingerprint density at radius 3 is 2.49 bits per heavy atom. The van der Waals surface area contributed by atoms with E-state index in [1.54, 1.807) is 19.9 Å². The summed E-state index contributed by atoms with van der Waals surface area (Å²) in [4.78, 5) is 25.7. The summed E-state index contributed by atoms with van der Waals surface area (Å²) in [6.07, 6.45) is 0. The third-order valence-electron chi connectivity index (χ3n) is 5.21. The Hall–Kier alpha value is -5.10. The van der Waals surface area contributed by atoms with Crippen LogP contribution in [0.4, 0.5) is 26.4 Å². The van der Waals surface area contributed by atoms with Crippen molar-refractivity contribution in [1.29, 1.82) is 10.5 Å². The maximum absolute atomic E-state index is 14.7. The molecule has 0 aliphatic rings. The molecule has 2 aromatic heterocycles. The van der Waals surface area contributed by atoms with Crippen LogP contribution in [-0.2, 0) is 0 Å². The minimum absolute atomic E-state index is 0.0347. The van der Waals surface area contributed by atoms with Crippen molar-refractivity contribution in [1.82, 2.24) is 19.5 Å². The molecule has 0 spiro atoms. The monoisotopic (exact) mass is 473 g/mol. The SMILES string of the molecule is Cc1cc(F)cc(-n2c(C(C)Nc3nc(N)nc(N)c3C#N)nc3c(F)ccc(C#N)c3c2=O)c1. The largest absolute Gasteiger partial charge is 0.382 e. The predicted molar refractivity (Wildman–Crippen MR) is 124 cm³/mol. The third-order valence-corrected chi connectivity index (χ3v) is 5.21. The molecule has 35 heavy (non-hydrogen) atoms. The third kappa shape index (κ3) is 4.05. The van der Waals surface area contributed by atoms with Crippen LogP contribution in [0.25, 0.3) is 16.6 Å². The molecule has 0 fully saturated rings. The van der Waals surface area contributed by atoms with E-state index in [1.165, 1.54) is 12.1 Å². The Labute approximate surface area is 197 Å². The molecule has 0 saturated heterocycles. The first kappa shape index (κ1) is 23.1. The summed E-state index contributed by atoms with van der Waals surface area (Å²) >= 11 is 0. The maximum Gasteiger partial charge on any atom is 0.267 e. The maximum atomic E-state index is 14.7. The van der Waals surface area contributed by atoms with Crippen molar-refractivity contribution in [2.24, 2.45) is 0 Å². The van der Waals surface area contributed by atoms with E-state index in [4.69, 9.17) is 11.5 Å². The van der Waals surface area contributed by atoms with Crippen molar-refractivity contribution in [3.63, 3.8) is 0 Å². The van der Waals surface area contributed by atoms with Crippen LogP contribution in [0.3, 0.4) is 0 Å². The first-order valence-electron chi connectivity index (χ1n) is 10.2. The summed E-state index contributed by atoms with van der Waals surface area (Å²) in [7, 11) is 0. The zero-order valence-corrected chi connectivity index (χ0v) is 18.5. The van der Waals surface area contributed by atoms with E-state index in [9.17, 15) is 24.1 Å². The average Bonchev–Trinajstić information content (AvgIpc) is 2.78. The highest BCUT2D eigenvalue weighted by Gasteiger charge is 2.24. The van der Waals surface area contributed by atoms with Gasteiger partial charge in [0.15, 0.2) is 5.82 Å². The lowest BCUT2D eigenvalue weighted by Crippen LogP contribution is -2.28. The van der Waals surface area contributed by atoms with E-state index in [1.807, 2.05) is 12.1 Å². The number of rotatable bonds is 4. The van der Waals surface area contributed by atoms with Gasteiger partial charge in [-0.25, -0.2) is 13.8 Å². The number of aromatic nitrogens is 4. The molecule has 0 amide bonds. The number of benzene rings is 2. The average molecular weight is 473 g/mol. The summed E-state index contributed by atoms with van der Waals surface area (Å²) in [6, 6.07) is 8.98. The second kappa shape index (κ2) is 8.68. The van der Waals surface area contributed by atoms with E-state index in [0.717, 1.165) is 16.7 Å². The number of nitrogens with two attached hydrogens (primary N) is 2. The van der Waals surface area contributed by atoms with Gasteiger partial charge in [-0.2, -0.15) is 20.5 Å². The first-order chi connectivity index (χ1) is 16.6. The second-order valence-corrected chi connectivity index (χ2v) is 7.70. The Balaban J connectivity index is 2.04. The summed E-state index contributed by atoms with van der Waals surface area (Å²) in [5.41, 5.74) is 10.8. The lowest BCUT2D eigenvalue weighted by molar-refractivity contribution is 0.621. The predicted octanol–water partition coefficient (Wildman–Crippen LogP) is 2.84. The molecule has 174 valence electrons. The quantitative estimate of drug-likeness (QED) is 0.403. The van der Waals surface area contributed by atoms with Gasteiger partial charge in [0.25, 0.3) is 5.56 Å². The fourth-order valence-electron chi connectivity index (χ4n) is 3.73. The number of nitrogens with zero attached hydrogens (tertiary/aromatic N) is 6. The van der Waals surface area contributed by atoms with Gasteiger partial charge in [-0.05, 0) is 49.7 Å². The summed E-state index contributed by atoms with van der Waals surface area (Å²) < 4.78 is 30.1. The van der Waals surface area contributed by atoms with Gasteiger partial charge in [0.05, 0.1) is 22.7 Å². The normalized spacial score (nSPS) is 11.6. The van der Waals surface area contributed by atoms with Gasteiger partial charge in [-0.1, -0.05) is 0 Å². The number of nitrogen functional groups attached to an aromatic ring is 2. The Kier molecular flexibility index (Phi) is 5.72. The van der Waals surface area contributed by atoms with Gasteiger partial charge in [0.1, 0.15) is 46.5 Å². The highest BCUT2D eigenvalue weighted by atomic mass is 19.1. The Morgan fingerprint density at radius 1 is 1.09 bits per heavy atom. The van der Waals surface area contributed by atoms with Crippen LogP contribution in [0.1, 0.15) is 35.5 Å². The van der Waals surface area contributed by atoms with E-state index in [2.05, 4.69) is 20.3 Å². The minimum Gasteiger partial charge on any atom is -0.382 e. The molecule has 12 heteroatoms. The summed E-state index contributed by atoms with van der Waals surface area (Å²) in [5.74, 6) is -1.87. The molecular formula is C23H17F2N9O. The van der Waals surface area contributed by atoms with Gasteiger partial charge in [0.2, 0.25) is 5.95 Å². The van der Waals surface area contributed by atoms with Crippen LogP contribution in [0.15, 0.2) is 35.1 Å². The van der Waals surface area contributed by atoms with Crippen LogP contribution in [0.5, 0.6) is 0 Å². The highest BCUT2D eigenvalue weighted by Crippen LogP contribution is 2.27. The van der Waals surface area contributed by atoms with Gasteiger partial charge in [0, 0.05) is 0 Å². The molecule has 0 aliphatic carbocycles. The fraction of sp³-hybridized carbons (Fsp3) is 0.130. The molecule has 1 unspecified atom stereocenters. The number of fused-ring (bicyclic) bond motifs is 1. The number of anilines is 3. The molecule has 0 saturated carbocycles. The molecule has 10 nitrogen and oxygen atoms in total. The van der Waals surface area contributed by atoms with Gasteiger partial charge in [-0.3, -0.25) is 9.36 Å². The van der Waals surface area contributed by atoms with E-state index in [0.29, 0.717) is 5.56 Å². The molecule has 4 aromatic rings. The van der Waals surface area contributed by atoms with Gasteiger partial charge >= 0.3 is 0 Å². The van der Waals surface area contributed by atoms with Gasteiger partial charge < -0.3 is 16.8 Å². The second-order valence-electron chi connectivity index (χ2n) is 7.70. The van der Waals surface area contributed by atoms with Crippen LogP contribution in [0, 0.1) is 41.2 Å². The van der Waals surface area contributed by atoms with Crippen molar-refractivity contribution in [2.45, 2.75) is 19.9 Å². The van der Waals surface area contributed by atoms with Crippen molar-refractivity contribution in [3.05, 3.63) is 74.8 Å².